The molecule has 0 saturated carbocycles. The summed E-state index contributed by atoms with van der Waals surface area (Å²) in [6.45, 7) is 0. The lowest BCUT2D eigenvalue weighted by molar-refractivity contribution is -0.0260. The van der Waals surface area contributed by atoms with Crippen LogP contribution in [0.2, 0.25) is 5.15 Å². The van der Waals surface area contributed by atoms with Crippen LogP contribution in [-0.4, -0.2) is 53.5 Å². The number of carbonyl (C=O) groups is 1. The second kappa shape index (κ2) is 8.41. The number of nitrogens with zero attached hydrogens (tertiary/aromatic N) is 2. The monoisotopic (exact) mass is 449 g/mol. The zero-order valence-corrected chi connectivity index (χ0v) is 17.3. The summed E-state index contributed by atoms with van der Waals surface area (Å²) in [7, 11) is -5.34. The van der Waals surface area contributed by atoms with Crippen molar-refractivity contribution in [2.24, 2.45) is 0 Å². The van der Waals surface area contributed by atoms with Crippen molar-refractivity contribution in [2.75, 3.05) is 21.3 Å². The van der Waals surface area contributed by atoms with E-state index in [9.17, 15) is 21.6 Å². The van der Waals surface area contributed by atoms with Crippen LogP contribution < -0.4 is 9.46 Å². The molecular weight excluding hydrogens is 434 g/mol. The van der Waals surface area contributed by atoms with Gasteiger partial charge in [0.1, 0.15) is 26.4 Å². The molecule has 10 nitrogen and oxygen atoms in total. The SMILES string of the molecule is COc1cc(Cl)nc(C(=O)NS(=O)(=O)c2ccccc2S(=O)(=O)N(C)OC)c1. The van der Waals surface area contributed by atoms with Crippen molar-refractivity contribution in [1.82, 2.24) is 14.2 Å². The minimum absolute atomic E-state index is 0.0911. The van der Waals surface area contributed by atoms with E-state index in [4.69, 9.17) is 16.3 Å². The lowest BCUT2D eigenvalue weighted by atomic mass is 10.3. The van der Waals surface area contributed by atoms with Crippen LogP contribution in [0.4, 0.5) is 0 Å². The molecule has 28 heavy (non-hydrogen) atoms. The van der Waals surface area contributed by atoms with E-state index in [1.165, 1.54) is 31.4 Å². The standard InChI is InChI=1S/C15H16ClN3O7S2/c1-19(26-3)28(23,24)13-7-5-4-6-12(13)27(21,22)18-15(20)11-8-10(25-2)9-14(16)17-11/h4-9H,1-3H3,(H,18,20). The molecule has 152 valence electrons. The second-order valence-electron chi connectivity index (χ2n) is 5.19. The van der Waals surface area contributed by atoms with Crippen LogP contribution in [0.5, 0.6) is 5.75 Å². The first-order valence-electron chi connectivity index (χ1n) is 7.43. The third-order valence-electron chi connectivity index (χ3n) is 3.48. The van der Waals surface area contributed by atoms with Gasteiger partial charge in [-0.3, -0.25) is 9.63 Å². The highest BCUT2D eigenvalue weighted by atomic mass is 35.5. The van der Waals surface area contributed by atoms with Crippen molar-refractivity contribution < 1.29 is 31.2 Å². The van der Waals surface area contributed by atoms with E-state index in [1.807, 2.05) is 0 Å². The molecule has 0 aliphatic rings. The van der Waals surface area contributed by atoms with E-state index < -0.39 is 35.7 Å². The average molecular weight is 450 g/mol. The molecular formula is C15H16ClN3O7S2. The van der Waals surface area contributed by atoms with Crippen molar-refractivity contribution in [1.29, 1.82) is 0 Å². The molecule has 0 bridgehead atoms. The highest BCUT2D eigenvalue weighted by molar-refractivity contribution is 7.92. The smallest absolute Gasteiger partial charge is 0.283 e. The van der Waals surface area contributed by atoms with Gasteiger partial charge in [0.15, 0.2) is 0 Å². The first kappa shape index (κ1) is 22.0. The Labute approximate surface area is 167 Å². The summed E-state index contributed by atoms with van der Waals surface area (Å²) in [5.74, 6) is -0.930. The molecule has 1 N–H and O–H groups in total. The molecule has 0 radical (unpaired) electrons. The Balaban J connectivity index is 2.47. The van der Waals surface area contributed by atoms with E-state index >= 15 is 0 Å². The second-order valence-corrected chi connectivity index (χ2v) is 9.14. The van der Waals surface area contributed by atoms with Gasteiger partial charge in [0.25, 0.3) is 26.0 Å². The predicted octanol–water partition coefficient (Wildman–Crippen LogP) is 1.04. The van der Waals surface area contributed by atoms with Crippen molar-refractivity contribution in [3.8, 4) is 5.75 Å². The Kier molecular flexibility index (Phi) is 6.62. The van der Waals surface area contributed by atoms with Gasteiger partial charge in [-0.1, -0.05) is 28.2 Å². The summed E-state index contributed by atoms with van der Waals surface area (Å²) < 4.78 is 57.6. The van der Waals surface area contributed by atoms with Gasteiger partial charge in [0.2, 0.25) is 0 Å². The molecule has 0 saturated heterocycles. The van der Waals surface area contributed by atoms with Crippen molar-refractivity contribution in [3.63, 3.8) is 0 Å². The van der Waals surface area contributed by atoms with Crippen molar-refractivity contribution >= 4 is 37.6 Å². The molecule has 2 rings (SSSR count). The fourth-order valence-electron chi connectivity index (χ4n) is 2.06. The van der Waals surface area contributed by atoms with Crippen LogP contribution in [0.25, 0.3) is 0 Å². The molecule has 1 amide bonds. The predicted molar refractivity (Wildman–Crippen MR) is 98.9 cm³/mol. The van der Waals surface area contributed by atoms with Gasteiger partial charge >= 0.3 is 0 Å². The van der Waals surface area contributed by atoms with Crippen LogP contribution in [0.15, 0.2) is 46.2 Å². The van der Waals surface area contributed by atoms with Crippen LogP contribution in [0.3, 0.4) is 0 Å². The number of aromatic nitrogens is 1. The number of methoxy groups -OCH3 is 1. The van der Waals surface area contributed by atoms with E-state index in [-0.39, 0.29) is 16.6 Å². The molecule has 0 spiro atoms. The van der Waals surface area contributed by atoms with E-state index in [1.54, 1.807) is 4.72 Å². The number of halogens is 1. The Bertz CT molecular complexity index is 1100. The Morgan fingerprint density at radius 2 is 1.71 bits per heavy atom. The first-order valence-corrected chi connectivity index (χ1v) is 10.7. The number of ether oxygens (including phenoxy) is 1. The van der Waals surface area contributed by atoms with Gasteiger partial charge in [0, 0.05) is 19.2 Å². The summed E-state index contributed by atoms with van der Waals surface area (Å²) in [4.78, 5) is 19.5. The summed E-state index contributed by atoms with van der Waals surface area (Å²) in [6.07, 6.45) is 0. The van der Waals surface area contributed by atoms with E-state index in [2.05, 4.69) is 9.82 Å². The summed E-state index contributed by atoms with van der Waals surface area (Å²) in [5, 5.41) is -0.0911. The Morgan fingerprint density at radius 1 is 1.11 bits per heavy atom. The summed E-state index contributed by atoms with van der Waals surface area (Å²) in [5.41, 5.74) is -0.331. The highest BCUT2D eigenvalue weighted by Crippen LogP contribution is 2.24. The molecule has 0 fully saturated rings. The first-order chi connectivity index (χ1) is 13.0. The number of hydrogen-bond donors (Lipinski definition) is 1. The molecule has 1 aromatic heterocycles. The molecule has 1 aromatic carbocycles. The molecule has 13 heteroatoms. The minimum Gasteiger partial charge on any atom is -0.497 e. The number of benzene rings is 1. The number of hydrogen-bond acceptors (Lipinski definition) is 8. The van der Waals surface area contributed by atoms with Crippen LogP contribution in [0, 0.1) is 0 Å². The molecule has 1 heterocycles. The maximum absolute atomic E-state index is 12.7. The van der Waals surface area contributed by atoms with Gasteiger partial charge in [0.05, 0.1) is 14.2 Å². The number of sulfonamides is 2. The zero-order chi connectivity index (χ0) is 21.1. The highest BCUT2D eigenvalue weighted by Gasteiger charge is 2.31. The van der Waals surface area contributed by atoms with Crippen molar-refractivity contribution in [3.05, 3.63) is 47.2 Å². The fourth-order valence-corrected chi connectivity index (χ4v) is 5.00. The number of nitrogens with one attached hydrogen (secondary N) is 1. The summed E-state index contributed by atoms with van der Waals surface area (Å²) in [6, 6.07) is 7.27. The Hall–Kier alpha value is -2.25. The third kappa shape index (κ3) is 4.59. The van der Waals surface area contributed by atoms with Crippen LogP contribution in [0.1, 0.15) is 10.5 Å². The lowest BCUT2D eigenvalue weighted by Gasteiger charge is -2.17. The van der Waals surface area contributed by atoms with Crippen LogP contribution in [-0.2, 0) is 24.9 Å². The maximum Gasteiger partial charge on any atom is 0.283 e. The molecule has 2 aromatic rings. The topological polar surface area (TPSA) is 132 Å². The number of rotatable bonds is 7. The van der Waals surface area contributed by atoms with Gasteiger partial charge in [-0.2, -0.15) is 0 Å². The van der Waals surface area contributed by atoms with Gasteiger partial charge in [-0.05, 0) is 12.1 Å². The number of carbonyl (C=O) groups excluding carboxylic acids is 1. The largest absolute Gasteiger partial charge is 0.497 e. The molecule has 0 aliphatic carbocycles. The fraction of sp³-hybridized carbons (Fsp3) is 0.200. The average Bonchev–Trinajstić information content (AvgIpc) is 2.66. The van der Waals surface area contributed by atoms with Crippen molar-refractivity contribution in [2.45, 2.75) is 9.79 Å². The number of hydroxylamine groups is 1. The normalized spacial score (nSPS) is 12.0. The van der Waals surface area contributed by atoms with Gasteiger partial charge in [-0.25, -0.2) is 26.5 Å². The minimum atomic E-state index is -4.58. The maximum atomic E-state index is 12.7. The van der Waals surface area contributed by atoms with E-state index in [0.717, 1.165) is 26.3 Å². The lowest BCUT2D eigenvalue weighted by Crippen LogP contribution is -2.33. The molecule has 0 aliphatic heterocycles. The molecule has 0 atom stereocenters. The summed E-state index contributed by atoms with van der Waals surface area (Å²) >= 11 is 5.78. The van der Waals surface area contributed by atoms with E-state index in [0.29, 0.717) is 4.47 Å². The quantitative estimate of drug-likeness (QED) is 0.490. The van der Waals surface area contributed by atoms with Gasteiger partial charge in [-0.15, -0.1) is 0 Å². The number of pyridine rings is 1. The molecule has 0 unspecified atom stereocenters. The number of amides is 1. The zero-order valence-electron chi connectivity index (χ0n) is 14.9. The van der Waals surface area contributed by atoms with Gasteiger partial charge < -0.3 is 4.74 Å². The van der Waals surface area contributed by atoms with Crippen LogP contribution >= 0.6 is 11.6 Å². The third-order valence-corrected chi connectivity index (χ3v) is 6.93. The Morgan fingerprint density at radius 3 is 2.29 bits per heavy atom.